The van der Waals surface area contributed by atoms with Gasteiger partial charge in [0.1, 0.15) is 0 Å². The van der Waals surface area contributed by atoms with Crippen molar-refractivity contribution in [1.29, 1.82) is 0 Å². The first-order valence-electron chi connectivity index (χ1n) is 4.14. The lowest BCUT2D eigenvalue weighted by atomic mass is 10.3. The zero-order valence-corrected chi connectivity index (χ0v) is 6.77. The van der Waals surface area contributed by atoms with E-state index >= 15 is 0 Å². The second-order valence-corrected chi connectivity index (χ2v) is 2.86. The van der Waals surface area contributed by atoms with Crippen molar-refractivity contribution in [1.82, 2.24) is 0 Å². The van der Waals surface area contributed by atoms with E-state index in [1.165, 1.54) is 7.69 Å². The average Bonchev–Trinajstić information content (AvgIpc) is 2.90. The maximum absolute atomic E-state index is 5.21. The lowest BCUT2D eigenvalue weighted by molar-refractivity contribution is 0.276. The molecule has 2 nitrogen and oxygen atoms in total. The maximum Gasteiger partial charge on any atom is 0.572 e. The first-order valence-corrected chi connectivity index (χ1v) is 4.14. The molecule has 0 aromatic heterocycles. The predicted octanol–water partition coefficient (Wildman–Crippen LogP) is 1.78. The molecule has 0 amide bonds. The number of para-hydroxylation sites is 1. The van der Waals surface area contributed by atoms with Gasteiger partial charge in [0.15, 0.2) is 0 Å². The minimum atomic E-state index is 0.411. The van der Waals surface area contributed by atoms with Crippen LogP contribution in [0.4, 0.5) is 0 Å². The third-order valence-electron chi connectivity index (χ3n) is 1.70. The van der Waals surface area contributed by atoms with Crippen molar-refractivity contribution in [2.24, 2.45) is 0 Å². The van der Waals surface area contributed by atoms with Gasteiger partial charge in [0.25, 0.3) is 0 Å². The molecule has 1 saturated carbocycles. The fraction of sp³-hybridized carbons (Fsp3) is 0.333. The van der Waals surface area contributed by atoms with Gasteiger partial charge in [-0.1, -0.05) is 18.2 Å². The molecule has 1 radical (unpaired) electrons. The van der Waals surface area contributed by atoms with Crippen LogP contribution in [0.3, 0.4) is 0 Å². The van der Waals surface area contributed by atoms with E-state index in [4.69, 9.17) is 9.31 Å². The van der Waals surface area contributed by atoms with E-state index in [0.717, 1.165) is 18.6 Å². The van der Waals surface area contributed by atoms with Crippen LogP contribution in [-0.4, -0.2) is 13.8 Å². The Morgan fingerprint density at radius 3 is 2.58 bits per heavy atom. The molecule has 12 heavy (non-hydrogen) atoms. The summed E-state index contributed by atoms with van der Waals surface area (Å²) in [4.78, 5) is 0. The minimum absolute atomic E-state index is 0.411. The Morgan fingerprint density at radius 1 is 1.17 bits per heavy atom. The van der Waals surface area contributed by atoms with Crippen molar-refractivity contribution in [2.75, 3.05) is 0 Å². The van der Waals surface area contributed by atoms with Gasteiger partial charge in [-0.15, -0.1) is 0 Å². The molecule has 0 unspecified atom stereocenters. The van der Waals surface area contributed by atoms with E-state index in [0.29, 0.717) is 6.10 Å². The summed E-state index contributed by atoms with van der Waals surface area (Å²) in [6, 6.07) is 9.61. The largest absolute Gasteiger partial charge is 0.572 e. The second kappa shape index (κ2) is 3.63. The molecule has 0 N–H and O–H groups in total. The van der Waals surface area contributed by atoms with Gasteiger partial charge in [-0.05, 0) is 25.0 Å². The summed E-state index contributed by atoms with van der Waals surface area (Å²) in [6.07, 6.45) is 2.73. The quantitative estimate of drug-likeness (QED) is 0.626. The van der Waals surface area contributed by atoms with Gasteiger partial charge in [0, 0.05) is 6.10 Å². The van der Waals surface area contributed by atoms with E-state index in [9.17, 15) is 0 Å². The van der Waals surface area contributed by atoms with Gasteiger partial charge >= 0.3 is 7.69 Å². The first-order chi connectivity index (χ1) is 5.95. The number of rotatable bonds is 4. The lowest BCUT2D eigenvalue weighted by Crippen LogP contribution is -2.08. The van der Waals surface area contributed by atoms with Crippen LogP contribution in [0.5, 0.6) is 5.75 Å². The third kappa shape index (κ3) is 2.27. The molecule has 1 aromatic carbocycles. The molecule has 1 fully saturated rings. The third-order valence-corrected chi connectivity index (χ3v) is 1.70. The Morgan fingerprint density at radius 2 is 1.92 bits per heavy atom. The molecule has 1 aliphatic rings. The summed E-state index contributed by atoms with van der Waals surface area (Å²) in [5.74, 6) is 0.818. The van der Waals surface area contributed by atoms with E-state index in [1.54, 1.807) is 0 Å². The van der Waals surface area contributed by atoms with Gasteiger partial charge < -0.3 is 9.31 Å². The highest BCUT2D eigenvalue weighted by Gasteiger charge is 2.22. The predicted molar refractivity (Wildman–Crippen MR) is 46.9 cm³/mol. The smallest absolute Gasteiger partial charge is 0.537 e. The minimum Gasteiger partial charge on any atom is -0.537 e. The summed E-state index contributed by atoms with van der Waals surface area (Å²) in [6.45, 7) is 0. The SMILES string of the molecule is [B](Oc1ccccc1)OC1CC1. The van der Waals surface area contributed by atoms with E-state index in [2.05, 4.69) is 0 Å². The van der Waals surface area contributed by atoms with Crippen molar-refractivity contribution in [3.63, 3.8) is 0 Å². The summed E-state index contributed by atoms with van der Waals surface area (Å²) < 4.78 is 10.4. The standard InChI is InChI=1S/C9H10BO2/c1-2-4-8(5-3-1)11-10-12-9-6-7-9/h1-5,9H,6-7H2. The van der Waals surface area contributed by atoms with Gasteiger partial charge in [-0.25, -0.2) is 0 Å². The van der Waals surface area contributed by atoms with Crippen molar-refractivity contribution in [2.45, 2.75) is 18.9 Å². The van der Waals surface area contributed by atoms with Gasteiger partial charge in [-0.2, -0.15) is 0 Å². The highest BCUT2D eigenvalue weighted by atomic mass is 16.6. The monoisotopic (exact) mass is 161 g/mol. The summed E-state index contributed by atoms with van der Waals surface area (Å²) in [5.41, 5.74) is 0. The Bertz CT molecular complexity index is 234. The Hall–Kier alpha value is -0.955. The van der Waals surface area contributed by atoms with Crippen molar-refractivity contribution < 1.29 is 9.31 Å². The number of benzene rings is 1. The molecule has 3 heteroatoms. The normalized spacial score (nSPS) is 15.7. The van der Waals surface area contributed by atoms with Crippen LogP contribution in [-0.2, 0) is 4.65 Å². The summed E-state index contributed by atoms with van der Waals surface area (Å²) in [5, 5.41) is 0. The van der Waals surface area contributed by atoms with Crippen LogP contribution >= 0.6 is 0 Å². The molecule has 2 rings (SSSR count). The molecular weight excluding hydrogens is 151 g/mol. The summed E-state index contributed by atoms with van der Waals surface area (Å²) in [7, 11) is 1.42. The molecule has 61 valence electrons. The highest BCUT2D eigenvalue weighted by molar-refractivity contribution is 6.19. The number of hydrogen-bond acceptors (Lipinski definition) is 2. The summed E-state index contributed by atoms with van der Waals surface area (Å²) >= 11 is 0. The van der Waals surface area contributed by atoms with Crippen molar-refractivity contribution in [3.8, 4) is 5.75 Å². The zero-order valence-electron chi connectivity index (χ0n) is 6.77. The molecule has 0 bridgehead atoms. The van der Waals surface area contributed by atoms with E-state index in [1.807, 2.05) is 30.3 Å². The zero-order chi connectivity index (χ0) is 8.23. The fourth-order valence-corrected chi connectivity index (χ4v) is 0.865. The van der Waals surface area contributed by atoms with Gasteiger partial charge in [0.2, 0.25) is 0 Å². The van der Waals surface area contributed by atoms with Gasteiger partial charge in [0.05, 0.1) is 5.75 Å². The molecule has 0 spiro atoms. The van der Waals surface area contributed by atoms with Crippen LogP contribution in [0.1, 0.15) is 12.8 Å². The Kier molecular flexibility index (Phi) is 2.32. The molecule has 0 aliphatic heterocycles. The highest BCUT2D eigenvalue weighted by Crippen LogP contribution is 2.22. The van der Waals surface area contributed by atoms with Crippen LogP contribution < -0.4 is 4.65 Å². The number of hydrogen-bond donors (Lipinski definition) is 0. The maximum atomic E-state index is 5.21. The topological polar surface area (TPSA) is 18.5 Å². The van der Waals surface area contributed by atoms with Crippen LogP contribution in [0.25, 0.3) is 0 Å². The van der Waals surface area contributed by atoms with E-state index < -0.39 is 0 Å². The molecule has 0 heterocycles. The van der Waals surface area contributed by atoms with Crippen LogP contribution in [0.2, 0.25) is 0 Å². The average molecular weight is 161 g/mol. The molecule has 1 aliphatic carbocycles. The molecule has 0 atom stereocenters. The van der Waals surface area contributed by atoms with Crippen LogP contribution in [0.15, 0.2) is 30.3 Å². The Labute approximate surface area is 72.8 Å². The molecule has 1 aromatic rings. The molecular formula is C9H10BO2. The fourth-order valence-electron chi connectivity index (χ4n) is 0.865. The molecule has 0 saturated heterocycles. The van der Waals surface area contributed by atoms with Crippen LogP contribution in [0, 0.1) is 0 Å². The first kappa shape index (κ1) is 7.68. The lowest BCUT2D eigenvalue weighted by Gasteiger charge is -2.02. The van der Waals surface area contributed by atoms with E-state index in [-0.39, 0.29) is 0 Å². The van der Waals surface area contributed by atoms with Crippen molar-refractivity contribution in [3.05, 3.63) is 30.3 Å². The van der Waals surface area contributed by atoms with Gasteiger partial charge in [-0.3, -0.25) is 0 Å². The van der Waals surface area contributed by atoms with Crippen molar-refractivity contribution >= 4 is 7.69 Å². The second-order valence-electron chi connectivity index (χ2n) is 2.86. The Balaban J connectivity index is 1.72.